The zero-order chi connectivity index (χ0) is 26.3. The minimum atomic E-state index is -0.382. The van der Waals surface area contributed by atoms with E-state index in [-0.39, 0.29) is 5.97 Å². The fraction of sp³-hybridized carbons (Fsp3) is 0.206. The summed E-state index contributed by atoms with van der Waals surface area (Å²) in [6.45, 7) is 5.90. The molecule has 0 saturated carbocycles. The summed E-state index contributed by atoms with van der Waals surface area (Å²) >= 11 is 0. The molecule has 0 aromatic heterocycles. The van der Waals surface area contributed by atoms with E-state index in [2.05, 4.69) is 55.1 Å². The molecular formula is C34H30O3. The molecule has 3 aromatic carbocycles. The third kappa shape index (κ3) is 9.14. The Morgan fingerprint density at radius 2 is 1.41 bits per heavy atom. The Bertz CT molecular complexity index is 1390. The molecule has 0 atom stereocenters. The topological polar surface area (TPSA) is 35.5 Å². The Labute approximate surface area is 220 Å². The minimum absolute atomic E-state index is 0.382. The van der Waals surface area contributed by atoms with Crippen LogP contribution in [0.2, 0.25) is 0 Å². The van der Waals surface area contributed by atoms with E-state index >= 15 is 0 Å². The lowest BCUT2D eigenvalue weighted by molar-refractivity contribution is -0.137. The van der Waals surface area contributed by atoms with E-state index in [4.69, 9.17) is 9.47 Å². The summed E-state index contributed by atoms with van der Waals surface area (Å²) in [5.41, 5.74) is 6.01. The zero-order valence-electron chi connectivity index (χ0n) is 21.4. The molecule has 37 heavy (non-hydrogen) atoms. The van der Waals surface area contributed by atoms with Gasteiger partial charge in [0.25, 0.3) is 0 Å². The van der Waals surface area contributed by atoms with Gasteiger partial charge in [-0.3, -0.25) is 0 Å². The maximum Gasteiger partial charge on any atom is 0.330 e. The van der Waals surface area contributed by atoms with Crippen LogP contribution in [-0.4, -0.2) is 19.7 Å². The van der Waals surface area contributed by atoms with Gasteiger partial charge in [0.15, 0.2) is 0 Å². The van der Waals surface area contributed by atoms with Crippen LogP contribution in [0.25, 0.3) is 0 Å². The van der Waals surface area contributed by atoms with Gasteiger partial charge in [0.2, 0.25) is 0 Å². The predicted octanol–water partition coefficient (Wildman–Crippen LogP) is 6.31. The fourth-order valence-electron chi connectivity index (χ4n) is 3.39. The van der Waals surface area contributed by atoms with Gasteiger partial charge >= 0.3 is 5.97 Å². The second-order valence-electron chi connectivity index (χ2n) is 8.16. The largest absolute Gasteiger partial charge is 0.497 e. The third-order valence-corrected chi connectivity index (χ3v) is 5.49. The van der Waals surface area contributed by atoms with Gasteiger partial charge in [0.1, 0.15) is 5.75 Å². The van der Waals surface area contributed by atoms with Crippen LogP contribution in [0.3, 0.4) is 0 Å². The average Bonchev–Trinajstić information content (AvgIpc) is 2.95. The van der Waals surface area contributed by atoms with Gasteiger partial charge in [-0.05, 0) is 91.6 Å². The quantitative estimate of drug-likeness (QED) is 0.170. The van der Waals surface area contributed by atoms with Crippen molar-refractivity contribution in [2.75, 3.05) is 13.7 Å². The SMILES string of the molecule is C=CC(=O)OCCCCC#Cc1ccc(C#Cc2ccc(C#Cc3ccc(OC)cc3)cc2CC)cc1. The number of hydrogen-bond donors (Lipinski definition) is 0. The van der Waals surface area contributed by atoms with Gasteiger partial charge in [-0.2, -0.15) is 0 Å². The van der Waals surface area contributed by atoms with Crippen LogP contribution < -0.4 is 4.74 Å². The number of aryl methyl sites for hydroxylation is 1. The maximum absolute atomic E-state index is 11.0. The third-order valence-electron chi connectivity index (χ3n) is 5.49. The molecule has 0 unspecified atom stereocenters. The Hall–Kier alpha value is -4.65. The van der Waals surface area contributed by atoms with E-state index in [0.717, 1.165) is 59.3 Å². The second kappa shape index (κ2) is 14.7. The average molecular weight is 487 g/mol. The highest BCUT2D eigenvalue weighted by atomic mass is 16.5. The number of ether oxygens (including phenoxy) is 2. The number of benzene rings is 3. The Morgan fingerprint density at radius 1 is 0.811 bits per heavy atom. The van der Waals surface area contributed by atoms with Crippen molar-refractivity contribution in [1.29, 1.82) is 0 Å². The molecule has 3 nitrogen and oxygen atoms in total. The molecule has 0 N–H and O–H groups in total. The normalized spacial score (nSPS) is 9.46. The van der Waals surface area contributed by atoms with Crippen LogP contribution in [0.5, 0.6) is 5.75 Å². The lowest BCUT2D eigenvalue weighted by atomic mass is 10.0. The van der Waals surface area contributed by atoms with Gasteiger partial charge in [0, 0.05) is 40.3 Å². The Morgan fingerprint density at radius 3 is 2.05 bits per heavy atom. The van der Waals surface area contributed by atoms with Crippen molar-refractivity contribution in [3.8, 4) is 41.3 Å². The molecule has 0 fully saturated rings. The highest BCUT2D eigenvalue weighted by molar-refractivity contribution is 5.81. The first kappa shape index (κ1) is 26.9. The molecule has 0 saturated heterocycles. The monoisotopic (exact) mass is 486 g/mol. The number of esters is 1. The van der Waals surface area contributed by atoms with Gasteiger partial charge in [-0.25, -0.2) is 4.79 Å². The highest BCUT2D eigenvalue weighted by Crippen LogP contribution is 2.14. The predicted molar refractivity (Wildman–Crippen MR) is 149 cm³/mol. The molecular weight excluding hydrogens is 456 g/mol. The number of carbonyl (C=O) groups excluding carboxylic acids is 1. The van der Waals surface area contributed by atoms with Crippen molar-refractivity contribution < 1.29 is 14.3 Å². The molecule has 0 bridgehead atoms. The summed E-state index contributed by atoms with van der Waals surface area (Å²) in [4.78, 5) is 11.0. The van der Waals surface area contributed by atoms with Crippen molar-refractivity contribution in [3.63, 3.8) is 0 Å². The van der Waals surface area contributed by atoms with Crippen molar-refractivity contribution in [2.45, 2.75) is 32.6 Å². The van der Waals surface area contributed by atoms with Crippen LogP contribution in [0.15, 0.2) is 79.4 Å². The van der Waals surface area contributed by atoms with Gasteiger partial charge in [-0.1, -0.05) is 49.0 Å². The summed E-state index contributed by atoms with van der Waals surface area (Å²) in [5, 5.41) is 0. The Kier molecular flexibility index (Phi) is 10.7. The first-order chi connectivity index (χ1) is 18.1. The molecule has 0 radical (unpaired) electrons. The van der Waals surface area contributed by atoms with Crippen LogP contribution in [-0.2, 0) is 16.0 Å². The molecule has 3 rings (SSSR count). The van der Waals surface area contributed by atoms with E-state index in [1.165, 1.54) is 11.6 Å². The van der Waals surface area contributed by atoms with Crippen molar-refractivity contribution >= 4 is 5.97 Å². The summed E-state index contributed by atoms with van der Waals surface area (Å²) in [5.74, 6) is 19.8. The van der Waals surface area contributed by atoms with E-state index in [0.29, 0.717) is 6.61 Å². The molecule has 3 heteroatoms. The molecule has 3 aromatic rings. The standard InChI is InChI=1S/C34H30O3/c1-4-31-26-30(16-15-29-19-23-33(36-3)24-20-29)18-22-32(31)21-17-28-13-11-27(12-14-28)10-8-6-7-9-25-37-34(35)5-2/h5,11-14,18-20,22-24,26H,2,4,6-7,9,25H2,1,3H3. The lowest BCUT2D eigenvalue weighted by Gasteiger charge is -2.02. The fourth-order valence-corrected chi connectivity index (χ4v) is 3.39. The summed E-state index contributed by atoms with van der Waals surface area (Å²) in [6.07, 6.45) is 4.49. The molecule has 0 aliphatic heterocycles. The molecule has 0 amide bonds. The van der Waals surface area contributed by atoms with Crippen LogP contribution in [0, 0.1) is 35.5 Å². The zero-order valence-corrected chi connectivity index (χ0v) is 21.4. The lowest BCUT2D eigenvalue weighted by Crippen LogP contribution is -2.01. The molecule has 0 aliphatic carbocycles. The molecule has 0 heterocycles. The first-order valence-corrected chi connectivity index (χ1v) is 12.3. The van der Waals surface area contributed by atoms with Gasteiger partial charge in [0.05, 0.1) is 13.7 Å². The number of rotatable bonds is 7. The summed E-state index contributed by atoms with van der Waals surface area (Å²) in [6, 6.07) is 21.9. The van der Waals surface area contributed by atoms with Gasteiger partial charge < -0.3 is 9.47 Å². The van der Waals surface area contributed by atoms with Crippen LogP contribution in [0.1, 0.15) is 59.6 Å². The van der Waals surface area contributed by atoms with Gasteiger partial charge in [-0.15, -0.1) is 0 Å². The van der Waals surface area contributed by atoms with Crippen molar-refractivity contribution in [3.05, 3.63) is 113 Å². The summed E-state index contributed by atoms with van der Waals surface area (Å²) < 4.78 is 10.1. The summed E-state index contributed by atoms with van der Waals surface area (Å²) in [7, 11) is 1.65. The molecule has 0 spiro atoms. The number of unbranched alkanes of at least 4 members (excludes halogenated alkanes) is 2. The number of hydrogen-bond acceptors (Lipinski definition) is 3. The smallest absolute Gasteiger partial charge is 0.330 e. The molecule has 0 aliphatic rings. The highest BCUT2D eigenvalue weighted by Gasteiger charge is 2.00. The minimum Gasteiger partial charge on any atom is -0.497 e. The van der Waals surface area contributed by atoms with Crippen molar-refractivity contribution in [2.24, 2.45) is 0 Å². The van der Waals surface area contributed by atoms with Crippen molar-refractivity contribution in [1.82, 2.24) is 0 Å². The second-order valence-corrected chi connectivity index (χ2v) is 8.16. The first-order valence-electron chi connectivity index (χ1n) is 12.3. The van der Waals surface area contributed by atoms with E-state index in [1.54, 1.807) is 7.11 Å². The number of carbonyl (C=O) groups is 1. The number of methoxy groups -OCH3 is 1. The molecule has 184 valence electrons. The van der Waals surface area contributed by atoms with E-state index in [1.807, 2.05) is 60.7 Å². The van der Waals surface area contributed by atoms with E-state index in [9.17, 15) is 4.79 Å². The van der Waals surface area contributed by atoms with E-state index < -0.39 is 0 Å². The van der Waals surface area contributed by atoms with Crippen LogP contribution in [0.4, 0.5) is 0 Å². The van der Waals surface area contributed by atoms with Crippen LogP contribution >= 0.6 is 0 Å². The Balaban J connectivity index is 1.58. The maximum atomic E-state index is 11.0.